The molecule has 1 fully saturated rings. The number of hydrogen-bond acceptors (Lipinski definition) is 4. The zero-order valence-electron chi connectivity index (χ0n) is 12.4. The van der Waals surface area contributed by atoms with Gasteiger partial charge in [0.25, 0.3) is 0 Å². The van der Waals surface area contributed by atoms with Crippen molar-refractivity contribution in [2.24, 2.45) is 0 Å². The Morgan fingerprint density at radius 1 is 1.32 bits per heavy atom. The van der Waals surface area contributed by atoms with E-state index < -0.39 is 10.0 Å². The van der Waals surface area contributed by atoms with Crippen LogP contribution in [0.4, 0.5) is 0 Å². The number of halogens is 1. The third-order valence-electron chi connectivity index (χ3n) is 3.95. The maximum absolute atomic E-state index is 13.0. The van der Waals surface area contributed by atoms with Gasteiger partial charge >= 0.3 is 0 Å². The Kier molecular flexibility index (Phi) is 5.39. The number of fused-ring (bicyclic) bond motifs is 1. The van der Waals surface area contributed by atoms with Crippen molar-refractivity contribution in [1.82, 2.24) is 14.6 Å². The molecule has 0 spiro atoms. The van der Waals surface area contributed by atoms with Crippen molar-refractivity contribution in [2.45, 2.75) is 23.8 Å². The molecule has 1 aliphatic heterocycles. The zero-order chi connectivity index (χ0) is 14.9. The molecule has 1 unspecified atom stereocenters. The Hall–Kier alpha value is -1.21. The molecule has 1 saturated heterocycles. The lowest BCUT2D eigenvalue weighted by Crippen LogP contribution is -2.40. The normalized spacial score (nSPS) is 19.2. The number of nitrogens with zero attached hydrogens (tertiary/aromatic N) is 2. The Morgan fingerprint density at radius 2 is 2.09 bits per heavy atom. The number of hydrogen-bond donors (Lipinski definition) is 1. The molecule has 0 aliphatic carbocycles. The summed E-state index contributed by atoms with van der Waals surface area (Å²) in [6, 6.07) is 9.05. The SMILES string of the molecule is CNCC1CCCN1S(=O)(=O)c1cccc2cccnc12.Cl. The summed E-state index contributed by atoms with van der Waals surface area (Å²) in [7, 11) is -1.66. The average Bonchev–Trinajstić information content (AvgIpc) is 2.96. The Labute approximate surface area is 137 Å². The van der Waals surface area contributed by atoms with Crippen LogP contribution in [0.3, 0.4) is 0 Å². The molecule has 120 valence electrons. The standard InChI is InChI=1S/C15H19N3O2S.ClH/c1-16-11-13-7-4-10-18(13)21(19,20)14-8-2-5-12-6-3-9-17-15(12)14;/h2-3,5-6,8-9,13,16H,4,7,10-11H2,1H3;1H. The van der Waals surface area contributed by atoms with Crippen LogP contribution in [0.5, 0.6) is 0 Å². The van der Waals surface area contributed by atoms with Crippen molar-refractivity contribution in [3.05, 3.63) is 36.5 Å². The predicted octanol–water partition coefficient (Wildman–Crippen LogP) is 2.03. The minimum absolute atomic E-state index is 0. The van der Waals surface area contributed by atoms with E-state index in [9.17, 15) is 8.42 Å². The monoisotopic (exact) mass is 341 g/mol. The van der Waals surface area contributed by atoms with Gasteiger partial charge in [-0.15, -0.1) is 12.4 Å². The van der Waals surface area contributed by atoms with Crippen LogP contribution in [-0.4, -0.2) is 43.9 Å². The van der Waals surface area contributed by atoms with Crippen LogP contribution < -0.4 is 5.32 Å². The third-order valence-corrected chi connectivity index (χ3v) is 5.93. The Bertz CT molecular complexity index is 746. The molecule has 2 heterocycles. The van der Waals surface area contributed by atoms with Gasteiger partial charge in [0.2, 0.25) is 10.0 Å². The number of rotatable bonds is 4. The van der Waals surface area contributed by atoms with E-state index in [1.165, 1.54) is 0 Å². The van der Waals surface area contributed by atoms with E-state index in [4.69, 9.17) is 0 Å². The van der Waals surface area contributed by atoms with Gasteiger partial charge in [0.05, 0.1) is 5.52 Å². The summed E-state index contributed by atoms with van der Waals surface area (Å²) in [4.78, 5) is 4.58. The lowest BCUT2D eigenvalue weighted by molar-refractivity contribution is 0.379. The molecule has 22 heavy (non-hydrogen) atoms. The van der Waals surface area contributed by atoms with Gasteiger partial charge in [-0.25, -0.2) is 8.42 Å². The van der Waals surface area contributed by atoms with Crippen LogP contribution in [0, 0.1) is 0 Å². The summed E-state index contributed by atoms with van der Waals surface area (Å²) < 4.78 is 27.6. The fourth-order valence-electron chi connectivity index (χ4n) is 2.98. The molecule has 3 rings (SSSR count). The highest BCUT2D eigenvalue weighted by Crippen LogP contribution is 2.29. The molecule has 1 atom stereocenters. The fourth-order valence-corrected chi connectivity index (χ4v) is 4.84. The first-order valence-corrected chi connectivity index (χ1v) is 8.59. The highest BCUT2D eigenvalue weighted by Gasteiger charge is 2.35. The smallest absolute Gasteiger partial charge is 0.245 e. The van der Waals surface area contributed by atoms with Crippen LogP contribution in [0.15, 0.2) is 41.4 Å². The van der Waals surface area contributed by atoms with Crippen molar-refractivity contribution < 1.29 is 8.42 Å². The number of pyridine rings is 1. The molecule has 1 N–H and O–H groups in total. The second kappa shape index (κ2) is 6.91. The molecular weight excluding hydrogens is 322 g/mol. The summed E-state index contributed by atoms with van der Waals surface area (Å²) in [6.45, 7) is 1.26. The summed E-state index contributed by atoms with van der Waals surface area (Å²) in [5.41, 5.74) is 0.551. The maximum Gasteiger partial charge on any atom is 0.245 e. The molecule has 0 radical (unpaired) electrons. The second-order valence-electron chi connectivity index (χ2n) is 5.30. The molecule has 0 saturated carbocycles. The van der Waals surface area contributed by atoms with E-state index in [0.29, 0.717) is 23.5 Å². The van der Waals surface area contributed by atoms with Gasteiger partial charge in [-0.3, -0.25) is 4.98 Å². The Morgan fingerprint density at radius 3 is 2.86 bits per heavy atom. The number of likely N-dealkylation sites (N-methyl/N-ethyl adjacent to an activating group) is 1. The first-order valence-electron chi connectivity index (χ1n) is 7.15. The minimum atomic E-state index is -3.51. The predicted molar refractivity (Wildman–Crippen MR) is 89.8 cm³/mol. The summed E-state index contributed by atoms with van der Waals surface area (Å²) in [5.74, 6) is 0. The Balaban J connectivity index is 0.00000176. The van der Waals surface area contributed by atoms with Crippen molar-refractivity contribution >= 4 is 33.3 Å². The first kappa shape index (κ1) is 17.1. The van der Waals surface area contributed by atoms with E-state index in [2.05, 4.69) is 10.3 Å². The summed E-state index contributed by atoms with van der Waals surface area (Å²) in [5, 5.41) is 3.93. The van der Waals surface area contributed by atoms with Crippen molar-refractivity contribution in [1.29, 1.82) is 0 Å². The first-order chi connectivity index (χ1) is 10.1. The lowest BCUT2D eigenvalue weighted by Gasteiger charge is -2.24. The third kappa shape index (κ3) is 2.96. The van der Waals surface area contributed by atoms with E-state index in [0.717, 1.165) is 18.2 Å². The minimum Gasteiger partial charge on any atom is -0.318 e. The molecule has 1 aliphatic rings. The lowest BCUT2D eigenvalue weighted by atomic mass is 10.2. The van der Waals surface area contributed by atoms with Crippen LogP contribution in [0.2, 0.25) is 0 Å². The molecule has 0 amide bonds. The van der Waals surface area contributed by atoms with Gasteiger partial charge in [0, 0.05) is 30.7 Å². The van der Waals surface area contributed by atoms with Gasteiger partial charge in [-0.1, -0.05) is 18.2 Å². The van der Waals surface area contributed by atoms with Crippen molar-refractivity contribution in [3.8, 4) is 0 Å². The highest BCUT2D eigenvalue weighted by molar-refractivity contribution is 7.89. The van der Waals surface area contributed by atoms with Gasteiger partial charge in [0.15, 0.2) is 0 Å². The zero-order valence-corrected chi connectivity index (χ0v) is 14.0. The van der Waals surface area contributed by atoms with Gasteiger partial charge in [-0.2, -0.15) is 4.31 Å². The fraction of sp³-hybridized carbons (Fsp3) is 0.400. The molecular formula is C15H20ClN3O2S. The number of aromatic nitrogens is 1. The van der Waals surface area contributed by atoms with Crippen molar-refractivity contribution in [3.63, 3.8) is 0 Å². The number of para-hydroxylation sites is 1. The van der Waals surface area contributed by atoms with Gasteiger partial charge < -0.3 is 5.32 Å². The maximum atomic E-state index is 13.0. The van der Waals surface area contributed by atoms with Crippen LogP contribution in [-0.2, 0) is 10.0 Å². The molecule has 5 nitrogen and oxygen atoms in total. The van der Waals surface area contributed by atoms with Gasteiger partial charge in [-0.05, 0) is 32.0 Å². The summed E-state index contributed by atoms with van der Waals surface area (Å²) in [6.07, 6.45) is 3.44. The van der Waals surface area contributed by atoms with Crippen LogP contribution >= 0.6 is 12.4 Å². The van der Waals surface area contributed by atoms with Gasteiger partial charge in [0.1, 0.15) is 4.90 Å². The van der Waals surface area contributed by atoms with Crippen LogP contribution in [0.1, 0.15) is 12.8 Å². The number of sulfonamides is 1. The van der Waals surface area contributed by atoms with Crippen molar-refractivity contribution in [2.75, 3.05) is 20.1 Å². The summed E-state index contributed by atoms with van der Waals surface area (Å²) >= 11 is 0. The topological polar surface area (TPSA) is 62.3 Å². The number of benzene rings is 1. The molecule has 2 aromatic rings. The average molecular weight is 342 g/mol. The highest BCUT2D eigenvalue weighted by atomic mass is 35.5. The van der Waals surface area contributed by atoms with E-state index in [1.54, 1.807) is 22.6 Å². The quantitative estimate of drug-likeness (QED) is 0.924. The van der Waals surface area contributed by atoms with E-state index >= 15 is 0 Å². The second-order valence-corrected chi connectivity index (χ2v) is 7.16. The molecule has 7 heteroatoms. The van der Waals surface area contributed by atoms with E-state index in [1.807, 2.05) is 25.2 Å². The van der Waals surface area contributed by atoms with Crippen LogP contribution in [0.25, 0.3) is 10.9 Å². The molecule has 1 aromatic carbocycles. The molecule has 0 bridgehead atoms. The molecule has 1 aromatic heterocycles. The largest absolute Gasteiger partial charge is 0.318 e. The number of nitrogens with one attached hydrogen (secondary N) is 1. The van der Waals surface area contributed by atoms with E-state index in [-0.39, 0.29) is 18.4 Å².